The minimum absolute atomic E-state index is 0.144. The molecular formula is C16H13FN2O2. The van der Waals surface area contributed by atoms with E-state index in [4.69, 9.17) is 5.11 Å². The van der Waals surface area contributed by atoms with E-state index in [1.54, 1.807) is 18.3 Å². The van der Waals surface area contributed by atoms with Gasteiger partial charge in [0, 0.05) is 11.8 Å². The summed E-state index contributed by atoms with van der Waals surface area (Å²) in [4.78, 5) is 16.0. The van der Waals surface area contributed by atoms with Crippen LogP contribution in [0.4, 0.5) is 4.39 Å². The highest BCUT2D eigenvalue weighted by molar-refractivity contribution is 5.94. The first kappa shape index (κ1) is 14.7. The summed E-state index contributed by atoms with van der Waals surface area (Å²) >= 11 is 0. The van der Waals surface area contributed by atoms with Gasteiger partial charge in [-0.1, -0.05) is 17.9 Å². The fourth-order valence-corrected chi connectivity index (χ4v) is 1.67. The zero-order chi connectivity index (χ0) is 15.1. The van der Waals surface area contributed by atoms with Crippen molar-refractivity contribution in [3.63, 3.8) is 0 Å². The molecule has 2 N–H and O–H groups in total. The van der Waals surface area contributed by atoms with Gasteiger partial charge in [-0.15, -0.1) is 0 Å². The first-order valence-electron chi connectivity index (χ1n) is 6.28. The molecule has 0 saturated heterocycles. The van der Waals surface area contributed by atoms with Crippen molar-refractivity contribution in [2.45, 2.75) is 6.54 Å². The molecule has 2 rings (SSSR count). The summed E-state index contributed by atoms with van der Waals surface area (Å²) in [6.45, 7) is -0.0703. The van der Waals surface area contributed by atoms with Gasteiger partial charge in [0.25, 0.3) is 5.91 Å². The maximum atomic E-state index is 13.7. The average Bonchev–Trinajstić information content (AvgIpc) is 2.52. The summed E-state index contributed by atoms with van der Waals surface area (Å²) in [5, 5.41) is 11.2. The number of amides is 1. The number of carbonyl (C=O) groups is 1. The number of aliphatic hydroxyl groups is 1. The van der Waals surface area contributed by atoms with Crippen LogP contribution in [0.25, 0.3) is 0 Å². The van der Waals surface area contributed by atoms with Crippen molar-refractivity contribution >= 4 is 5.91 Å². The smallest absolute Gasteiger partial charge is 0.251 e. The van der Waals surface area contributed by atoms with Crippen LogP contribution in [0.3, 0.4) is 0 Å². The van der Waals surface area contributed by atoms with Gasteiger partial charge < -0.3 is 10.4 Å². The van der Waals surface area contributed by atoms with Crippen LogP contribution < -0.4 is 5.32 Å². The summed E-state index contributed by atoms with van der Waals surface area (Å²) in [5.74, 6) is 3.84. The summed E-state index contributed by atoms with van der Waals surface area (Å²) in [5.41, 5.74) is 1.07. The number of rotatable bonds is 3. The molecule has 0 bridgehead atoms. The molecule has 2 aromatic rings. The van der Waals surface area contributed by atoms with E-state index >= 15 is 0 Å². The van der Waals surface area contributed by atoms with E-state index < -0.39 is 5.82 Å². The number of nitrogens with one attached hydrogen (secondary N) is 1. The molecule has 1 amide bonds. The third-order valence-corrected chi connectivity index (χ3v) is 2.69. The number of nitrogens with zero attached hydrogens (tertiary/aromatic N) is 1. The Kier molecular flexibility index (Phi) is 5.02. The molecule has 0 fully saturated rings. The van der Waals surface area contributed by atoms with Crippen molar-refractivity contribution in [2.24, 2.45) is 0 Å². The Labute approximate surface area is 121 Å². The lowest BCUT2D eigenvalue weighted by Gasteiger charge is -2.05. The second kappa shape index (κ2) is 7.17. The van der Waals surface area contributed by atoms with Crippen LogP contribution in [0.2, 0.25) is 0 Å². The lowest BCUT2D eigenvalue weighted by Crippen LogP contribution is -2.23. The van der Waals surface area contributed by atoms with Gasteiger partial charge in [-0.25, -0.2) is 4.39 Å². The lowest BCUT2D eigenvalue weighted by molar-refractivity contribution is 0.0950. The number of hydrogen-bond donors (Lipinski definition) is 2. The van der Waals surface area contributed by atoms with Gasteiger partial charge in [-0.05, 0) is 30.3 Å². The van der Waals surface area contributed by atoms with Gasteiger partial charge in [-0.2, -0.15) is 0 Å². The van der Waals surface area contributed by atoms with Gasteiger partial charge in [0.1, 0.15) is 12.4 Å². The van der Waals surface area contributed by atoms with E-state index in [1.807, 2.05) is 6.07 Å². The normalized spacial score (nSPS) is 9.62. The summed E-state index contributed by atoms with van der Waals surface area (Å²) in [6.07, 6.45) is 1.63. The Bertz CT molecular complexity index is 690. The van der Waals surface area contributed by atoms with Gasteiger partial charge in [0.15, 0.2) is 0 Å². The van der Waals surface area contributed by atoms with Gasteiger partial charge in [0.05, 0.1) is 17.8 Å². The quantitative estimate of drug-likeness (QED) is 0.840. The number of pyridine rings is 1. The third kappa shape index (κ3) is 4.13. The highest BCUT2D eigenvalue weighted by atomic mass is 19.1. The highest BCUT2D eigenvalue weighted by Gasteiger charge is 2.08. The number of halogens is 1. The van der Waals surface area contributed by atoms with Gasteiger partial charge in [0.2, 0.25) is 0 Å². The molecule has 106 valence electrons. The van der Waals surface area contributed by atoms with Crippen molar-refractivity contribution in [1.82, 2.24) is 10.3 Å². The van der Waals surface area contributed by atoms with E-state index in [-0.39, 0.29) is 30.2 Å². The van der Waals surface area contributed by atoms with Crippen LogP contribution in [0.1, 0.15) is 21.6 Å². The molecule has 0 radical (unpaired) electrons. The Hall–Kier alpha value is -2.71. The Morgan fingerprint density at radius 2 is 2.19 bits per heavy atom. The number of aliphatic hydroxyl groups excluding tert-OH is 1. The average molecular weight is 284 g/mol. The fourth-order valence-electron chi connectivity index (χ4n) is 1.67. The maximum Gasteiger partial charge on any atom is 0.251 e. The predicted molar refractivity (Wildman–Crippen MR) is 75.8 cm³/mol. The van der Waals surface area contributed by atoms with Crippen LogP contribution in [0.5, 0.6) is 0 Å². The fraction of sp³-hybridized carbons (Fsp3) is 0.125. The van der Waals surface area contributed by atoms with E-state index in [2.05, 4.69) is 22.1 Å². The Morgan fingerprint density at radius 1 is 1.33 bits per heavy atom. The van der Waals surface area contributed by atoms with Gasteiger partial charge >= 0.3 is 0 Å². The molecule has 0 aliphatic rings. The molecule has 1 aromatic heterocycles. The maximum absolute atomic E-state index is 13.7. The van der Waals surface area contributed by atoms with E-state index in [9.17, 15) is 9.18 Å². The van der Waals surface area contributed by atoms with Crippen molar-refractivity contribution in [2.75, 3.05) is 6.61 Å². The molecule has 0 spiro atoms. The number of hydrogen-bond acceptors (Lipinski definition) is 3. The molecular weight excluding hydrogens is 271 g/mol. The first-order chi connectivity index (χ1) is 10.2. The zero-order valence-electron chi connectivity index (χ0n) is 11.1. The SMILES string of the molecule is O=C(NCc1ccccn1)c1ccc(C#CCO)c(F)c1. The van der Waals surface area contributed by atoms with Crippen LogP contribution in [-0.2, 0) is 6.54 Å². The molecule has 0 atom stereocenters. The molecule has 5 heteroatoms. The second-order valence-electron chi connectivity index (χ2n) is 4.16. The highest BCUT2D eigenvalue weighted by Crippen LogP contribution is 2.09. The molecule has 0 aliphatic carbocycles. The minimum Gasteiger partial charge on any atom is -0.384 e. The van der Waals surface area contributed by atoms with Crippen molar-refractivity contribution in [3.05, 3.63) is 65.2 Å². The number of carbonyl (C=O) groups excluding carboxylic acids is 1. The zero-order valence-corrected chi connectivity index (χ0v) is 11.1. The van der Waals surface area contributed by atoms with Crippen molar-refractivity contribution in [3.8, 4) is 11.8 Å². The lowest BCUT2D eigenvalue weighted by atomic mass is 10.1. The van der Waals surface area contributed by atoms with Crippen LogP contribution in [0, 0.1) is 17.7 Å². The molecule has 21 heavy (non-hydrogen) atoms. The molecule has 0 aliphatic heterocycles. The first-order valence-corrected chi connectivity index (χ1v) is 6.28. The standard InChI is InChI=1S/C16H13FN2O2/c17-15-10-13(7-6-12(15)4-3-9-20)16(21)19-11-14-5-1-2-8-18-14/h1-2,5-8,10,20H,9,11H2,(H,19,21). The largest absolute Gasteiger partial charge is 0.384 e. The topological polar surface area (TPSA) is 62.2 Å². The minimum atomic E-state index is -0.596. The summed E-state index contributed by atoms with van der Waals surface area (Å²) in [7, 11) is 0. The van der Waals surface area contributed by atoms with Crippen molar-refractivity contribution < 1.29 is 14.3 Å². The monoisotopic (exact) mass is 284 g/mol. The van der Waals surface area contributed by atoms with Gasteiger partial charge in [-0.3, -0.25) is 9.78 Å². The predicted octanol–water partition coefficient (Wildman–Crippen LogP) is 1.49. The molecule has 1 heterocycles. The number of aromatic nitrogens is 1. The molecule has 4 nitrogen and oxygen atoms in total. The Balaban J connectivity index is 2.04. The summed E-state index contributed by atoms with van der Waals surface area (Å²) < 4.78 is 13.7. The van der Waals surface area contributed by atoms with E-state index in [0.717, 1.165) is 11.8 Å². The third-order valence-electron chi connectivity index (χ3n) is 2.69. The van der Waals surface area contributed by atoms with Crippen LogP contribution in [0.15, 0.2) is 42.6 Å². The van der Waals surface area contributed by atoms with Crippen LogP contribution in [-0.4, -0.2) is 22.6 Å². The summed E-state index contributed by atoms with van der Waals surface area (Å²) in [6, 6.07) is 9.41. The Morgan fingerprint density at radius 3 is 2.86 bits per heavy atom. The molecule has 1 aromatic carbocycles. The number of benzene rings is 1. The molecule has 0 saturated carbocycles. The van der Waals surface area contributed by atoms with E-state index in [0.29, 0.717) is 0 Å². The molecule has 0 unspecified atom stereocenters. The second-order valence-corrected chi connectivity index (χ2v) is 4.16. The van der Waals surface area contributed by atoms with E-state index in [1.165, 1.54) is 12.1 Å². The van der Waals surface area contributed by atoms with Crippen LogP contribution >= 0.6 is 0 Å². The van der Waals surface area contributed by atoms with Crippen molar-refractivity contribution in [1.29, 1.82) is 0 Å².